The largest absolute Gasteiger partial charge is 0.480 e. The number of rotatable bonds is 45. The summed E-state index contributed by atoms with van der Waals surface area (Å²) in [6, 6.07) is -1.38. The summed E-state index contributed by atoms with van der Waals surface area (Å²) >= 11 is 0. The second-order valence-corrected chi connectivity index (χ2v) is 16.9. The van der Waals surface area contributed by atoms with Crippen molar-refractivity contribution in [3.05, 3.63) is 0 Å². The van der Waals surface area contributed by atoms with E-state index >= 15 is 0 Å². The lowest BCUT2D eigenvalue weighted by Crippen LogP contribution is -2.47. The summed E-state index contributed by atoms with van der Waals surface area (Å²) in [6.45, 7) is 3.51. The molecule has 0 radical (unpaired) electrons. The van der Waals surface area contributed by atoms with Crippen LogP contribution in [-0.4, -0.2) is 59.3 Å². The van der Waals surface area contributed by atoms with Gasteiger partial charge in [-0.25, -0.2) is 4.79 Å². The Morgan fingerprint density at radius 2 is 0.789 bits per heavy atom. The first-order chi connectivity index (χ1) is 27.8. The smallest absolute Gasteiger partial charge is 0.328 e. The highest BCUT2D eigenvalue weighted by Gasteiger charge is 2.19. The Morgan fingerprint density at radius 1 is 0.456 bits per heavy atom. The van der Waals surface area contributed by atoms with Gasteiger partial charge in [0.15, 0.2) is 0 Å². The molecule has 0 aliphatic heterocycles. The molecule has 0 spiro atoms. The minimum Gasteiger partial charge on any atom is -0.480 e. The van der Waals surface area contributed by atoms with E-state index in [9.17, 15) is 19.2 Å². The van der Waals surface area contributed by atoms with Gasteiger partial charge in [-0.1, -0.05) is 206 Å². The Labute approximate surface area is 350 Å². The van der Waals surface area contributed by atoms with Gasteiger partial charge in [-0.15, -0.1) is 0 Å². The number of aliphatic hydroxyl groups excluding tert-OH is 1. The molecule has 9 heteroatoms. The molecule has 0 rings (SSSR count). The average molecular weight is 809 g/mol. The summed E-state index contributed by atoms with van der Waals surface area (Å²) in [4.78, 5) is 47.7. The van der Waals surface area contributed by atoms with Crippen LogP contribution >= 0.6 is 0 Å². The maximum absolute atomic E-state index is 12.8. The number of esters is 1. The molecule has 0 heterocycles. The molecule has 0 bridgehead atoms. The van der Waals surface area contributed by atoms with Gasteiger partial charge >= 0.3 is 11.9 Å². The molecule has 0 aliphatic rings. The molecule has 2 atom stereocenters. The number of nitrogens with one attached hydrogen (secondary N) is 2. The molecule has 57 heavy (non-hydrogen) atoms. The fourth-order valence-corrected chi connectivity index (χ4v) is 7.60. The van der Waals surface area contributed by atoms with Crippen LogP contribution in [0.3, 0.4) is 0 Å². The number of carbonyl (C=O) groups excluding carboxylic acids is 3. The van der Waals surface area contributed by atoms with E-state index in [1.54, 1.807) is 0 Å². The summed E-state index contributed by atoms with van der Waals surface area (Å²) in [6.07, 6.45) is 45.7. The van der Waals surface area contributed by atoms with Gasteiger partial charge in [-0.3, -0.25) is 14.4 Å². The van der Waals surface area contributed by atoms with Gasteiger partial charge in [0, 0.05) is 12.8 Å². The zero-order valence-electron chi connectivity index (χ0n) is 37.4. The highest BCUT2D eigenvalue weighted by molar-refractivity contribution is 5.87. The summed E-state index contributed by atoms with van der Waals surface area (Å²) in [5, 5.41) is 22.6. The molecular formula is C48H92N2O7. The number of hydrogen-bond acceptors (Lipinski definition) is 6. The molecular weight excluding hydrogens is 717 g/mol. The van der Waals surface area contributed by atoms with E-state index < -0.39 is 24.5 Å². The molecule has 0 aromatic carbocycles. The average Bonchev–Trinajstić information content (AvgIpc) is 3.20. The second kappa shape index (κ2) is 43.4. The number of unbranched alkanes of at least 4 members (excludes halogenated alkanes) is 31. The fraction of sp³-hybridized carbons (Fsp3) is 0.917. The van der Waals surface area contributed by atoms with Gasteiger partial charge in [0.1, 0.15) is 12.1 Å². The Balaban J connectivity index is 4.15. The minimum absolute atomic E-state index is 0.00431. The summed E-state index contributed by atoms with van der Waals surface area (Å²) in [7, 11) is 0. The Morgan fingerprint density at radius 3 is 1.14 bits per heavy atom. The van der Waals surface area contributed by atoms with Crippen LogP contribution in [0, 0.1) is 0 Å². The van der Waals surface area contributed by atoms with Crippen LogP contribution in [0.25, 0.3) is 0 Å². The number of aliphatic carboxylic acids is 1. The number of amides is 2. The van der Waals surface area contributed by atoms with E-state index in [1.165, 1.54) is 167 Å². The molecule has 0 fully saturated rings. The molecule has 9 nitrogen and oxygen atoms in total. The zero-order valence-corrected chi connectivity index (χ0v) is 37.4. The lowest BCUT2D eigenvalue weighted by molar-refractivity contribution is -0.150. The van der Waals surface area contributed by atoms with E-state index in [1.807, 2.05) is 0 Å². The van der Waals surface area contributed by atoms with E-state index in [-0.39, 0.29) is 24.5 Å². The summed E-state index contributed by atoms with van der Waals surface area (Å²) in [5.41, 5.74) is 0. The van der Waals surface area contributed by atoms with Crippen molar-refractivity contribution in [1.82, 2.24) is 10.6 Å². The first kappa shape index (κ1) is 54.8. The van der Waals surface area contributed by atoms with Crippen LogP contribution < -0.4 is 10.6 Å². The van der Waals surface area contributed by atoms with Crippen molar-refractivity contribution in [3.8, 4) is 0 Å². The highest BCUT2D eigenvalue weighted by atomic mass is 16.5. The topological polar surface area (TPSA) is 142 Å². The highest BCUT2D eigenvalue weighted by Crippen LogP contribution is 2.19. The Kier molecular flexibility index (Phi) is 41.8. The maximum Gasteiger partial charge on any atom is 0.328 e. The predicted molar refractivity (Wildman–Crippen MR) is 236 cm³/mol. The summed E-state index contributed by atoms with van der Waals surface area (Å²) < 4.78 is 6.05. The van der Waals surface area contributed by atoms with Crippen molar-refractivity contribution in [3.63, 3.8) is 0 Å². The van der Waals surface area contributed by atoms with Crippen molar-refractivity contribution in [2.75, 3.05) is 13.2 Å². The van der Waals surface area contributed by atoms with E-state index in [2.05, 4.69) is 24.5 Å². The van der Waals surface area contributed by atoms with Crippen molar-refractivity contribution in [1.29, 1.82) is 0 Å². The molecule has 4 N–H and O–H groups in total. The first-order valence-corrected chi connectivity index (χ1v) is 24.4. The van der Waals surface area contributed by atoms with Crippen molar-refractivity contribution in [2.45, 2.75) is 270 Å². The standard InChI is InChI=1S/C48H92N2O7/c1-3-5-7-9-11-13-15-16-17-18-19-20-21-22-23-25-27-32-36-40-47(54)57-43(37-33-29-26-24-14-12-10-8-6-4-2)38-34-30-28-31-35-39-45(52)49-41-46(53)50-44(42-51)48(55)56/h43-44,51H,3-42H2,1-2H3,(H,49,52)(H,50,53)(H,55,56). The molecule has 336 valence electrons. The third kappa shape index (κ3) is 40.4. The Bertz CT molecular complexity index is 930. The van der Waals surface area contributed by atoms with E-state index in [0.717, 1.165) is 57.8 Å². The number of hydrogen-bond donors (Lipinski definition) is 4. The maximum atomic E-state index is 12.8. The third-order valence-corrected chi connectivity index (χ3v) is 11.4. The number of carboxylic acids is 1. The van der Waals surface area contributed by atoms with Crippen LogP contribution in [-0.2, 0) is 23.9 Å². The van der Waals surface area contributed by atoms with Crippen LogP contribution in [0.2, 0.25) is 0 Å². The fourth-order valence-electron chi connectivity index (χ4n) is 7.60. The van der Waals surface area contributed by atoms with Crippen LogP contribution in [0.15, 0.2) is 0 Å². The van der Waals surface area contributed by atoms with Crippen LogP contribution in [0.4, 0.5) is 0 Å². The molecule has 0 aromatic heterocycles. The summed E-state index contributed by atoms with van der Waals surface area (Å²) in [5.74, 6) is -2.27. The van der Waals surface area contributed by atoms with Gasteiger partial charge < -0.3 is 25.6 Å². The van der Waals surface area contributed by atoms with Crippen LogP contribution in [0.1, 0.15) is 258 Å². The zero-order chi connectivity index (χ0) is 41.9. The van der Waals surface area contributed by atoms with Gasteiger partial charge in [0.05, 0.1) is 13.2 Å². The lowest BCUT2D eigenvalue weighted by Gasteiger charge is -2.18. The number of carbonyl (C=O) groups is 4. The molecule has 0 saturated heterocycles. The SMILES string of the molecule is CCCCCCCCCCCCCCCCCCCCCC(=O)OC(CCCCCCCCCCCC)CCCCCCCC(=O)NCC(=O)NC(CO)C(=O)O. The number of aliphatic hydroxyl groups is 1. The number of ether oxygens (including phenoxy) is 1. The Hall–Kier alpha value is -2.16. The minimum atomic E-state index is -1.38. The predicted octanol–water partition coefficient (Wildman–Crippen LogP) is 12.4. The quantitative estimate of drug-likeness (QED) is 0.0354. The monoisotopic (exact) mass is 809 g/mol. The molecule has 0 aromatic rings. The third-order valence-electron chi connectivity index (χ3n) is 11.4. The number of carboxylic acid groups (broad SMARTS) is 1. The first-order valence-electron chi connectivity index (χ1n) is 24.4. The van der Waals surface area contributed by atoms with Gasteiger partial charge in [-0.05, 0) is 38.5 Å². The van der Waals surface area contributed by atoms with Crippen molar-refractivity contribution >= 4 is 23.8 Å². The van der Waals surface area contributed by atoms with Crippen molar-refractivity contribution in [2.24, 2.45) is 0 Å². The van der Waals surface area contributed by atoms with Gasteiger partial charge in [0.2, 0.25) is 11.8 Å². The second-order valence-electron chi connectivity index (χ2n) is 16.9. The van der Waals surface area contributed by atoms with E-state index in [4.69, 9.17) is 14.9 Å². The van der Waals surface area contributed by atoms with Crippen LogP contribution in [0.5, 0.6) is 0 Å². The molecule has 2 amide bonds. The van der Waals surface area contributed by atoms with E-state index in [0.29, 0.717) is 19.3 Å². The molecule has 0 aliphatic carbocycles. The molecule has 2 unspecified atom stereocenters. The van der Waals surface area contributed by atoms with Gasteiger partial charge in [0.25, 0.3) is 0 Å². The van der Waals surface area contributed by atoms with Crippen molar-refractivity contribution < 1.29 is 34.1 Å². The molecule has 0 saturated carbocycles. The van der Waals surface area contributed by atoms with Gasteiger partial charge in [-0.2, -0.15) is 0 Å². The lowest BCUT2D eigenvalue weighted by atomic mass is 10.0. The normalized spacial score (nSPS) is 12.3.